The topological polar surface area (TPSA) is 106 Å². The van der Waals surface area contributed by atoms with Gasteiger partial charge in [-0.25, -0.2) is 0 Å². The van der Waals surface area contributed by atoms with Gasteiger partial charge < -0.3 is 11.5 Å². The largest absolute Gasteiger partial charge is 0.399 e. The van der Waals surface area contributed by atoms with E-state index >= 15 is 0 Å². The smallest absolute Gasteiger partial charge is 0.264 e. The number of rotatable bonds is 8. The van der Waals surface area contributed by atoms with Crippen molar-refractivity contribution in [3.63, 3.8) is 0 Å². The number of anilines is 2. The maximum absolute atomic E-state index is 10.8. The van der Waals surface area contributed by atoms with Crippen molar-refractivity contribution in [2.24, 2.45) is 0 Å². The number of unbranched alkanes of at least 4 members (excludes halogenated alkanes) is 1. The van der Waals surface area contributed by atoms with Crippen molar-refractivity contribution in [3.05, 3.63) is 23.8 Å². The molecule has 1 aromatic carbocycles. The summed E-state index contributed by atoms with van der Waals surface area (Å²) in [5.74, 6) is -0.0297. The third-order valence-electron chi connectivity index (χ3n) is 3.41. The number of nitrogens with two attached hydrogens (primary N) is 2. The first-order valence-electron chi connectivity index (χ1n) is 6.93. The van der Waals surface area contributed by atoms with Crippen LogP contribution in [0.15, 0.2) is 18.2 Å². The molecule has 0 aliphatic heterocycles. The highest BCUT2D eigenvalue weighted by Gasteiger charge is 2.16. The van der Waals surface area contributed by atoms with Gasteiger partial charge in [0.1, 0.15) is 0 Å². The van der Waals surface area contributed by atoms with Crippen LogP contribution in [0.3, 0.4) is 0 Å². The van der Waals surface area contributed by atoms with E-state index in [0.717, 1.165) is 24.8 Å². The van der Waals surface area contributed by atoms with Crippen LogP contribution in [-0.2, 0) is 10.1 Å². The van der Waals surface area contributed by atoms with Gasteiger partial charge in [0.05, 0.1) is 5.75 Å². The summed E-state index contributed by atoms with van der Waals surface area (Å²) in [6.07, 6.45) is 4.15. The zero-order chi connectivity index (χ0) is 15.2. The molecule has 0 fully saturated rings. The lowest BCUT2D eigenvalue weighted by atomic mass is 9.88. The molecule has 20 heavy (non-hydrogen) atoms. The Labute approximate surface area is 121 Å². The van der Waals surface area contributed by atoms with Gasteiger partial charge in [0, 0.05) is 11.4 Å². The molecule has 1 aromatic rings. The lowest BCUT2D eigenvalue weighted by Crippen LogP contribution is -2.08. The van der Waals surface area contributed by atoms with Crippen LogP contribution < -0.4 is 11.5 Å². The van der Waals surface area contributed by atoms with Gasteiger partial charge in [-0.3, -0.25) is 4.55 Å². The van der Waals surface area contributed by atoms with Crippen LogP contribution in [0.5, 0.6) is 0 Å². The zero-order valence-corrected chi connectivity index (χ0v) is 12.7. The molecule has 5 nitrogen and oxygen atoms in total. The fourth-order valence-corrected chi connectivity index (χ4v) is 2.90. The van der Waals surface area contributed by atoms with Crippen molar-refractivity contribution in [1.29, 1.82) is 0 Å². The SMILES string of the molecule is CCCCC(CCCS(=O)(=O)O)c1cc(N)ccc1N. The molecular weight excluding hydrogens is 276 g/mol. The maximum atomic E-state index is 10.8. The van der Waals surface area contributed by atoms with E-state index in [2.05, 4.69) is 6.92 Å². The van der Waals surface area contributed by atoms with Crippen LogP contribution in [0.25, 0.3) is 0 Å². The Morgan fingerprint density at radius 1 is 1.20 bits per heavy atom. The summed E-state index contributed by atoms with van der Waals surface area (Å²) in [6.45, 7) is 2.11. The Morgan fingerprint density at radius 3 is 2.45 bits per heavy atom. The van der Waals surface area contributed by atoms with E-state index in [1.165, 1.54) is 0 Å². The van der Waals surface area contributed by atoms with Gasteiger partial charge in [0.15, 0.2) is 0 Å². The fraction of sp³-hybridized carbons (Fsp3) is 0.571. The summed E-state index contributed by atoms with van der Waals surface area (Å²) in [7, 11) is -3.90. The quantitative estimate of drug-likeness (QED) is 0.505. The summed E-state index contributed by atoms with van der Waals surface area (Å²) in [4.78, 5) is 0. The molecule has 114 valence electrons. The second-order valence-corrected chi connectivity index (χ2v) is 6.73. The number of nitrogen functional groups attached to an aromatic ring is 2. The average molecular weight is 300 g/mol. The van der Waals surface area contributed by atoms with E-state index in [4.69, 9.17) is 16.0 Å². The van der Waals surface area contributed by atoms with Crippen molar-refractivity contribution < 1.29 is 13.0 Å². The van der Waals surface area contributed by atoms with Gasteiger partial charge in [-0.2, -0.15) is 8.42 Å². The van der Waals surface area contributed by atoms with Gasteiger partial charge in [-0.1, -0.05) is 19.8 Å². The Kier molecular flexibility index (Phi) is 6.29. The molecule has 0 amide bonds. The average Bonchev–Trinajstić information content (AvgIpc) is 2.35. The van der Waals surface area contributed by atoms with E-state index in [1.54, 1.807) is 12.1 Å². The van der Waals surface area contributed by atoms with Gasteiger partial charge in [-0.15, -0.1) is 0 Å². The van der Waals surface area contributed by atoms with Crippen LogP contribution >= 0.6 is 0 Å². The summed E-state index contributed by atoms with van der Waals surface area (Å²) in [6, 6.07) is 5.41. The number of hydrogen-bond donors (Lipinski definition) is 3. The minimum absolute atomic E-state index is 0.181. The van der Waals surface area contributed by atoms with Crippen LogP contribution in [0.1, 0.15) is 50.5 Å². The van der Waals surface area contributed by atoms with Crippen LogP contribution in [0, 0.1) is 0 Å². The summed E-state index contributed by atoms with van der Waals surface area (Å²) in [5.41, 5.74) is 14.1. The molecule has 0 saturated heterocycles. The third kappa shape index (κ3) is 5.79. The van der Waals surface area contributed by atoms with Crippen LogP contribution in [-0.4, -0.2) is 18.7 Å². The standard InChI is InChI=1S/C14H24N2O3S/c1-2-3-5-11(6-4-9-20(17,18)19)13-10-12(15)7-8-14(13)16/h7-8,10-11H,2-6,9,15-16H2,1H3,(H,17,18,19). The molecule has 0 aliphatic rings. The Hall–Kier alpha value is -1.27. The van der Waals surface area contributed by atoms with E-state index in [0.29, 0.717) is 24.2 Å². The van der Waals surface area contributed by atoms with Crippen LogP contribution in [0.2, 0.25) is 0 Å². The molecule has 0 aliphatic carbocycles. The molecule has 0 spiro atoms. The van der Waals surface area contributed by atoms with E-state index in [9.17, 15) is 8.42 Å². The summed E-state index contributed by atoms with van der Waals surface area (Å²) >= 11 is 0. The van der Waals surface area contributed by atoms with Crippen molar-refractivity contribution in [3.8, 4) is 0 Å². The zero-order valence-electron chi connectivity index (χ0n) is 11.9. The maximum Gasteiger partial charge on any atom is 0.264 e. The van der Waals surface area contributed by atoms with Crippen molar-refractivity contribution in [2.45, 2.75) is 44.9 Å². The van der Waals surface area contributed by atoms with E-state index < -0.39 is 10.1 Å². The third-order valence-corrected chi connectivity index (χ3v) is 4.22. The molecule has 0 heterocycles. The van der Waals surface area contributed by atoms with Crippen molar-refractivity contribution in [1.82, 2.24) is 0 Å². The van der Waals surface area contributed by atoms with Gasteiger partial charge in [0.2, 0.25) is 0 Å². The second kappa shape index (κ2) is 7.50. The molecule has 1 rings (SSSR count). The fourth-order valence-electron chi connectivity index (χ4n) is 2.36. The molecule has 0 bridgehead atoms. The normalized spacial score (nSPS) is 13.3. The highest BCUT2D eigenvalue weighted by molar-refractivity contribution is 7.85. The molecule has 1 unspecified atom stereocenters. The first-order valence-corrected chi connectivity index (χ1v) is 8.54. The highest BCUT2D eigenvalue weighted by atomic mass is 32.2. The van der Waals surface area contributed by atoms with Gasteiger partial charge >= 0.3 is 0 Å². The second-order valence-electron chi connectivity index (χ2n) is 5.16. The molecule has 5 N–H and O–H groups in total. The highest BCUT2D eigenvalue weighted by Crippen LogP contribution is 2.32. The lowest BCUT2D eigenvalue weighted by Gasteiger charge is -2.19. The Morgan fingerprint density at radius 2 is 1.85 bits per heavy atom. The Bertz CT molecular complexity index is 529. The van der Waals surface area contributed by atoms with E-state index in [-0.39, 0.29) is 11.7 Å². The Balaban J connectivity index is 2.80. The number of benzene rings is 1. The number of hydrogen-bond acceptors (Lipinski definition) is 4. The predicted molar refractivity (Wildman–Crippen MR) is 83.2 cm³/mol. The minimum Gasteiger partial charge on any atom is -0.399 e. The van der Waals surface area contributed by atoms with Crippen molar-refractivity contribution in [2.75, 3.05) is 17.2 Å². The lowest BCUT2D eigenvalue weighted by molar-refractivity contribution is 0.474. The molecule has 0 saturated carbocycles. The summed E-state index contributed by atoms with van der Waals surface area (Å²) < 4.78 is 30.4. The van der Waals surface area contributed by atoms with Gasteiger partial charge in [-0.05, 0) is 48.9 Å². The molecule has 1 atom stereocenters. The molecule has 6 heteroatoms. The monoisotopic (exact) mass is 300 g/mol. The molecule has 0 aromatic heterocycles. The summed E-state index contributed by atoms with van der Waals surface area (Å²) in [5, 5.41) is 0. The van der Waals surface area contributed by atoms with E-state index in [1.807, 2.05) is 6.07 Å². The first kappa shape index (κ1) is 16.8. The first-order chi connectivity index (χ1) is 9.33. The van der Waals surface area contributed by atoms with Crippen molar-refractivity contribution >= 4 is 21.5 Å². The predicted octanol–water partition coefficient (Wildman–Crippen LogP) is 2.79. The minimum atomic E-state index is -3.90. The van der Waals surface area contributed by atoms with Gasteiger partial charge in [0.25, 0.3) is 10.1 Å². The molecular formula is C14H24N2O3S. The molecule has 0 radical (unpaired) electrons. The van der Waals surface area contributed by atoms with Crippen LogP contribution in [0.4, 0.5) is 11.4 Å².